The summed E-state index contributed by atoms with van der Waals surface area (Å²) < 4.78 is 1.59. The molecule has 0 aliphatic carbocycles. The number of carbonyl (C=O) groups excluding carboxylic acids is 1. The minimum absolute atomic E-state index is 0.159. The van der Waals surface area contributed by atoms with E-state index in [0.717, 1.165) is 5.69 Å². The van der Waals surface area contributed by atoms with Gasteiger partial charge in [0.05, 0.1) is 23.5 Å². The molecule has 1 amide bonds. The molecule has 0 spiro atoms. The van der Waals surface area contributed by atoms with Gasteiger partial charge in [0.1, 0.15) is 12.7 Å². The monoisotopic (exact) mass is 300 g/mol. The molecule has 0 saturated heterocycles. The molecule has 8 heteroatoms. The maximum Gasteiger partial charge on any atom is 0.230 e. The van der Waals surface area contributed by atoms with Crippen molar-refractivity contribution in [3.05, 3.63) is 48.0 Å². The highest BCUT2D eigenvalue weighted by Gasteiger charge is 2.10. The number of anilines is 2. The third kappa shape index (κ3) is 3.06. The van der Waals surface area contributed by atoms with Crippen molar-refractivity contribution in [3.8, 4) is 5.69 Å². The van der Waals surface area contributed by atoms with E-state index in [1.54, 1.807) is 16.4 Å². The molecule has 0 aliphatic heterocycles. The van der Waals surface area contributed by atoms with Gasteiger partial charge in [-0.2, -0.15) is 5.10 Å². The molecule has 3 rings (SSSR count). The first-order chi connectivity index (χ1) is 10.2. The van der Waals surface area contributed by atoms with Crippen molar-refractivity contribution < 1.29 is 4.79 Å². The first-order valence-electron chi connectivity index (χ1n) is 6.16. The lowest BCUT2D eigenvalue weighted by Gasteiger charge is -2.10. The Morgan fingerprint density at radius 1 is 1.38 bits per heavy atom. The number of aromatic nitrogens is 4. The Morgan fingerprint density at radius 2 is 2.24 bits per heavy atom. The second-order valence-electron chi connectivity index (χ2n) is 4.26. The number of para-hydroxylation sites is 2. The molecule has 0 aliphatic rings. The minimum Gasteiger partial charge on any atom is -0.375 e. The Labute approximate surface area is 124 Å². The average molecular weight is 300 g/mol. The van der Waals surface area contributed by atoms with Gasteiger partial charge in [0.15, 0.2) is 5.13 Å². The molecule has 21 heavy (non-hydrogen) atoms. The summed E-state index contributed by atoms with van der Waals surface area (Å²) in [6, 6.07) is 7.38. The van der Waals surface area contributed by atoms with E-state index in [9.17, 15) is 4.79 Å². The van der Waals surface area contributed by atoms with E-state index < -0.39 is 0 Å². The number of amides is 1. The van der Waals surface area contributed by atoms with Gasteiger partial charge in [0.2, 0.25) is 5.91 Å². The molecular formula is C13H12N6OS. The summed E-state index contributed by atoms with van der Waals surface area (Å²) in [4.78, 5) is 20.1. The standard InChI is InChI=1S/C13H12N6OS/c14-13-17-9(6-21-13)5-12(20)18-10-3-1-2-4-11(10)19-8-15-7-16-19/h1-4,6-8H,5H2,(H2,14,17)(H,18,20). The molecular weight excluding hydrogens is 288 g/mol. The first-order valence-corrected chi connectivity index (χ1v) is 7.04. The van der Waals surface area contributed by atoms with E-state index in [2.05, 4.69) is 20.4 Å². The molecule has 0 bridgehead atoms. The highest BCUT2D eigenvalue weighted by molar-refractivity contribution is 7.13. The molecule has 106 valence electrons. The molecule has 0 fully saturated rings. The SMILES string of the molecule is Nc1nc(CC(=O)Nc2ccccc2-n2cncn2)cs1. The number of nitrogens with one attached hydrogen (secondary N) is 1. The van der Waals surface area contributed by atoms with Crippen LogP contribution < -0.4 is 11.1 Å². The van der Waals surface area contributed by atoms with E-state index >= 15 is 0 Å². The van der Waals surface area contributed by atoms with Crippen molar-refractivity contribution in [2.45, 2.75) is 6.42 Å². The molecule has 0 saturated carbocycles. The van der Waals surface area contributed by atoms with Gasteiger partial charge in [0.25, 0.3) is 0 Å². The summed E-state index contributed by atoms with van der Waals surface area (Å²) in [5.74, 6) is -0.159. The van der Waals surface area contributed by atoms with E-state index in [1.807, 2.05) is 24.3 Å². The van der Waals surface area contributed by atoms with Crippen molar-refractivity contribution >= 4 is 28.1 Å². The Morgan fingerprint density at radius 3 is 2.95 bits per heavy atom. The maximum atomic E-state index is 12.1. The van der Waals surface area contributed by atoms with Crippen LogP contribution in [0.15, 0.2) is 42.3 Å². The van der Waals surface area contributed by atoms with Crippen molar-refractivity contribution in [1.82, 2.24) is 19.7 Å². The second kappa shape index (κ2) is 5.71. The van der Waals surface area contributed by atoms with Crippen LogP contribution in [0, 0.1) is 0 Å². The molecule has 3 aromatic rings. The van der Waals surface area contributed by atoms with Crippen LogP contribution in [0.3, 0.4) is 0 Å². The minimum atomic E-state index is -0.159. The van der Waals surface area contributed by atoms with Crippen LogP contribution in [0.1, 0.15) is 5.69 Å². The van der Waals surface area contributed by atoms with Gasteiger partial charge in [-0.3, -0.25) is 4.79 Å². The fourth-order valence-electron chi connectivity index (χ4n) is 1.87. The third-order valence-electron chi connectivity index (χ3n) is 2.75. The van der Waals surface area contributed by atoms with Crippen molar-refractivity contribution in [2.24, 2.45) is 0 Å². The number of thiazole rings is 1. The van der Waals surface area contributed by atoms with Gasteiger partial charge < -0.3 is 11.1 Å². The third-order valence-corrected chi connectivity index (χ3v) is 3.48. The smallest absolute Gasteiger partial charge is 0.230 e. The van der Waals surface area contributed by atoms with Crippen LogP contribution in [-0.4, -0.2) is 25.7 Å². The number of carbonyl (C=O) groups is 1. The van der Waals surface area contributed by atoms with Gasteiger partial charge >= 0.3 is 0 Å². The summed E-state index contributed by atoms with van der Waals surface area (Å²) in [6.07, 6.45) is 3.20. The lowest BCUT2D eigenvalue weighted by Crippen LogP contribution is -2.16. The quantitative estimate of drug-likeness (QED) is 0.760. The molecule has 0 radical (unpaired) electrons. The van der Waals surface area contributed by atoms with E-state index in [0.29, 0.717) is 16.5 Å². The van der Waals surface area contributed by atoms with Crippen LogP contribution >= 0.6 is 11.3 Å². The zero-order chi connectivity index (χ0) is 14.7. The van der Waals surface area contributed by atoms with E-state index in [1.165, 1.54) is 17.7 Å². The lowest BCUT2D eigenvalue weighted by atomic mass is 10.2. The number of nitrogen functional groups attached to an aromatic ring is 1. The summed E-state index contributed by atoms with van der Waals surface area (Å²) >= 11 is 1.32. The average Bonchev–Trinajstić information content (AvgIpc) is 3.11. The highest BCUT2D eigenvalue weighted by Crippen LogP contribution is 2.19. The topological polar surface area (TPSA) is 98.7 Å². The number of benzene rings is 1. The summed E-state index contributed by atoms with van der Waals surface area (Å²) in [7, 11) is 0. The molecule has 0 unspecified atom stereocenters. The summed E-state index contributed by atoms with van der Waals surface area (Å²) in [5.41, 5.74) is 7.63. The van der Waals surface area contributed by atoms with Crippen LogP contribution in [0.5, 0.6) is 0 Å². The maximum absolute atomic E-state index is 12.1. The normalized spacial score (nSPS) is 10.5. The Kier molecular flexibility index (Phi) is 3.61. The largest absolute Gasteiger partial charge is 0.375 e. The molecule has 0 atom stereocenters. The van der Waals surface area contributed by atoms with Crippen molar-refractivity contribution in [2.75, 3.05) is 11.1 Å². The fraction of sp³-hybridized carbons (Fsp3) is 0.0769. The predicted molar refractivity (Wildman–Crippen MR) is 80.2 cm³/mol. The van der Waals surface area contributed by atoms with Gasteiger partial charge in [-0.05, 0) is 12.1 Å². The van der Waals surface area contributed by atoms with Crippen LogP contribution in [0.2, 0.25) is 0 Å². The highest BCUT2D eigenvalue weighted by atomic mass is 32.1. The number of nitrogens with zero attached hydrogens (tertiary/aromatic N) is 4. The van der Waals surface area contributed by atoms with E-state index in [4.69, 9.17) is 5.73 Å². The fourth-order valence-corrected chi connectivity index (χ4v) is 2.44. The second-order valence-corrected chi connectivity index (χ2v) is 5.15. The first kappa shape index (κ1) is 13.3. The number of nitrogens with two attached hydrogens (primary N) is 1. The zero-order valence-corrected chi connectivity index (χ0v) is 11.7. The Bertz CT molecular complexity index is 752. The van der Waals surface area contributed by atoms with Gasteiger partial charge in [-0.25, -0.2) is 14.6 Å². The summed E-state index contributed by atoms with van der Waals surface area (Å²) in [6.45, 7) is 0. The molecule has 7 nitrogen and oxygen atoms in total. The van der Waals surface area contributed by atoms with E-state index in [-0.39, 0.29) is 12.3 Å². The van der Waals surface area contributed by atoms with Gasteiger partial charge in [-0.15, -0.1) is 11.3 Å². The number of rotatable bonds is 4. The van der Waals surface area contributed by atoms with Gasteiger partial charge in [-0.1, -0.05) is 12.1 Å². The molecule has 3 N–H and O–H groups in total. The van der Waals surface area contributed by atoms with Crippen LogP contribution in [0.25, 0.3) is 5.69 Å². The number of hydrogen-bond acceptors (Lipinski definition) is 6. The summed E-state index contributed by atoms with van der Waals surface area (Å²) in [5, 5.41) is 9.16. The van der Waals surface area contributed by atoms with Gasteiger partial charge in [0, 0.05) is 5.38 Å². The lowest BCUT2D eigenvalue weighted by molar-refractivity contribution is -0.115. The Balaban J connectivity index is 1.77. The molecule has 1 aromatic carbocycles. The molecule has 2 heterocycles. The predicted octanol–water partition coefficient (Wildman–Crippen LogP) is 1.49. The zero-order valence-electron chi connectivity index (χ0n) is 10.9. The Hall–Kier alpha value is -2.74. The number of hydrogen-bond donors (Lipinski definition) is 2. The van der Waals surface area contributed by atoms with Crippen molar-refractivity contribution in [1.29, 1.82) is 0 Å². The van der Waals surface area contributed by atoms with Crippen molar-refractivity contribution in [3.63, 3.8) is 0 Å². The molecule has 2 aromatic heterocycles. The van der Waals surface area contributed by atoms with Crippen LogP contribution in [0.4, 0.5) is 10.8 Å². The van der Waals surface area contributed by atoms with Crippen LogP contribution in [-0.2, 0) is 11.2 Å².